The lowest BCUT2D eigenvalue weighted by Gasteiger charge is -2.24. The van der Waals surface area contributed by atoms with Crippen molar-refractivity contribution >= 4 is 23.5 Å². The Morgan fingerprint density at radius 1 is 1.38 bits per heavy atom. The lowest BCUT2D eigenvalue weighted by molar-refractivity contribution is -0.151. The van der Waals surface area contributed by atoms with Crippen molar-refractivity contribution in [3.8, 4) is 0 Å². The number of hydrogen-bond donors (Lipinski definition) is 2. The van der Waals surface area contributed by atoms with Crippen LogP contribution in [0.15, 0.2) is 24.3 Å². The third kappa shape index (κ3) is 3.76. The van der Waals surface area contributed by atoms with Gasteiger partial charge >= 0.3 is 5.97 Å². The van der Waals surface area contributed by atoms with Crippen molar-refractivity contribution in [3.63, 3.8) is 0 Å². The molecule has 1 amide bonds. The van der Waals surface area contributed by atoms with Crippen molar-refractivity contribution < 1.29 is 14.7 Å². The van der Waals surface area contributed by atoms with Gasteiger partial charge in [0.2, 0.25) is 5.91 Å². The Morgan fingerprint density at radius 3 is 2.62 bits per heavy atom. The third-order valence-corrected chi connectivity index (χ3v) is 4.47. The summed E-state index contributed by atoms with van der Waals surface area (Å²) in [6.07, 6.45) is 2.97. The highest BCUT2D eigenvalue weighted by atomic mass is 35.5. The fourth-order valence-corrected chi connectivity index (χ4v) is 3.18. The van der Waals surface area contributed by atoms with Gasteiger partial charge in [-0.1, -0.05) is 36.6 Å². The van der Waals surface area contributed by atoms with Crippen LogP contribution < -0.4 is 5.32 Å². The Bertz CT molecular complexity index is 538. The van der Waals surface area contributed by atoms with E-state index in [0.29, 0.717) is 17.9 Å². The molecule has 1 aromatic rings. The first kappa shape index (κ1) is 15.8. The number of rotatable bonds is 5. The molecule has 5 heteroatoms. The normalized spacial score (nSPS) is 18.2. The molecular weight excluding hydrogens is 290 g/mol. The van der Waals surface area contributed by atoms with Crippen LogP contribution in [-0.2, 0) is 9.59 Å². The summed E-state index contributed by atoms with van der Waals surface area (Å²) < 4.78 is 0. The van der Waals surface area contributed by atoms with Crippen LogP contribution >= 0.6 is 11.6 Å². The topological polar surface area (TPSA) is 66.4 Å². The molecular formula is C16H20ClNO3. The average molecular weight is 310 g/mol. The van der Waals surface area contributed by atoms with Crippen molar-refractivity contribution in [1.82, 2.24) is 5.32 Å². The van der Waals surface area contributed by atoms with Gasteiger partial charge in [0.1, 0.15) is 0 Å². The highest BCUT2D eigenvalue weighted by molar-refractivity contribution is 6.30. The minimum absolute atomic E-state index is 0.0488. The van der Waals surface area contributed by atoms with Crippen LogP contribution in [-0.4, -0.2) is 17.0 Å². The lowest BCUT2D eigenvalue weighted by atomic mass is 9.82. The number of nitrogens with one attached hydrogen (secondary N) is 1. The van der Waals surface area contributed by atoms with Gasteiger partial charge in [0.05, 0.1) is 11.5 Å². The Balaban J connectivity index is 1.99. The fraction of sp³-hybridized carbons (Fsp3) is 0.500. The van der Waals surface area contributed by atoms with Crippen LogP contribution in [0.2, 0.25) is 5.02 Å². The summed E-state index contributed by atoms with van der Waals surface area (Å²) in [7, 11) is 0. The summed E-state index contributed by atoms with van der Waals surface area (Å²) in [5, 5.41) is 12.9. The second kappa shape index (κ2) is 6.48. The van der Waals surface area contributed by atoms with Gasteiger partial charge in [0, 0.05) is 11.4 Å². The molecule has 0 aliphatic heterocycles. The first-order valence-corrected chi connectivity index (χ1v) is 7.59. The van der Waals surface area contributed by atoms with E-state index < -0.39 is 11.4 Å². The van der Waals surface area contributed by atoms with E-state index in [1.54, 1.807) is 12.1 Å². The van der Waals surface area contributed by atoms with E-state index in [-0.39, 0.29) is 18.4 Å². The molecule has 0 spiro atoms. The van der Waals surface area contributed by atoms with Crippen LogP contribution in [0.4, 0.5) is 0 Å². The highest BCUT2D eigenvalue weighted by Gasteiger charge is 2.43. The lowest BCUT2D eigenvalue weighted by Crippen LogP contribution is -2.36. The third-order valence-electron chi connectivity index (χ3n) is 4.24. The number of carboxylic acid groups (broad SMARTS) is 1. The fourth-order valence-electron chi connectivity index (χ4n) is 2.98. The van der Waals surface area contributed by atoms with Crippen LogP contribution in [0, 0.1) is 5.41 Å². The molecule has 0 heterocycles. The van der Waals surface area contributed by atoms with Crippen LogP contribution in [0.25, 0.3) is 0 Å². The van der Waals surface area contributed by atoms with E-state index in [4.69, 9.17) is 11.6 Å². The second-order valence-electron chi connectivity index (χ2n) is 5.81. The van der Waals surface area contributed by atoms with Crippen LogP contribution in [0.1, 0.15) is 50.6 Å². The number of carbonyl (C=O) groups is 2. The molecule has 2 rings (SSSR count). The van der Waals surface area contributed by atoms with Gasteiger partial charge in [0.25, 0.3) is 0 Å². The highest BCUT2D eigenvalue weighted by Crippen LogP contribution is 2.41. The monoisotopic (exact) mass is 309 g/mol. The number of hydrogen-bond acceptors (Lipinski definition) is 2. The number of carbonyl (C=O) groups excluding carboxylic acids is 1. The zero-order chi connectivity index (χ0) is 15.5. The number of aliphatic carboxylic acids is 1. The smallest absolute Gasteiger partial charge is 0.310 e. The molecule has 21 heavy (non-hydrogen) atoms. The SMILES string of the molecule is C[C@@H](NC(=O)CC1(C(=O)O)CCCC1)c1cccc(Cl)c1. The van der Waals surface area contributed by atoms with Crippen LogP contribution in [0.5, 0.6) is 0 Å². The van der Waals surface area contributed by atoms with Gasteiger partial charge in [-0.15, -0.1) is 0 Å². The van der Waals surface area contributed by atoms with Gasteiger partial charge in [-0.3, -0.25) is 9.59 Å². The van der Waals surface area contributed by atoms with Gasteiger partial charge < -0.3 is 10.4 Å². The van der Waals surface area contributed by atoms with Crippen molar-refractivity contribution in [2.45, 2.75) is 45.1 Å². The van der Waals surface area contributed by atoms with Crippen LogP contribution in [0.3, 0.4) is 0 Å². The molecule has 0 aromatic heterocycles. The van der Waals surface area contributed by atoms with Gasteiger partial charge in [-0.25, -0.2) is 0 Å². The van der Waals surface area contributed by atoms with Crippen molar-refractivity contribution in [3.05, 3.63) is 34.9 Å². The molecule has 1 atom stereocenters. The summed E-state index contributed by atoms with van der Waals surface area (Å²) in [5.74, 6) is -1.07. The quantitative estimate of drug-likeness (QED) is 0.874. The molecule has 1 aliphatic rings. The van der Waals surface area contributed by atoms with E-state index in [0.717, 1.165) is 18.4 Å². The molecule has 1 fully saturated rings. The first-order valence-electron chi connectivity index (χ1n) is 7.21. The molecule has 1 aromatic carbocycles. The van der Waals surface area contributed by atoms with E-state index in [1.165, 1.54) is 0 Å². The minimum Gasteiger partial charge on any atom is -0.481 e. The molecule has 2 N–H and O–H groups in total. The number of carboxylic acids is 1. The first-order chi connectivity index (χ1) is 9.93. The summed E-state index contributed by atoms with van der Waals surface area (Å²) >= 11 is 5.94. The summed E-state index contributed by atoms with van der Waals surface area (Å²) in [5.41, 5.74) is 0.0321. The standard InChI is InChI=1S/C16H20ClNO3/c1-11(12-5-4-6-13(17)9-12)18-14(19)10-16(15(20)21)7-2-3-8-16/h4-6,9,11H,2-3,7-8,10H2,1H3,(H,18,19)(H,20,21)/t11-/m1/s1. The van der Waals surface area contributed by atoms with Crippen molar-refractivity contribution in [1.29, 1.82) is 0 Å². The largest absolute Gasteiger partial charge is 0.481 e. The molecule has 4 nitrogen and oxygen atoms in total. The van der Waals surface area contributed by atoms with Crippen molar-refractivity contribution in [2.75, 3.05) is 0 Å². The minimum atomic E-state index is -0.877. The maximum Gasteiger partial charge on any atom is 0.310 e. The predicted octanol–water partition coefficient (Wildman–Crippen LogP) is 3.55. The molecule has 114 valence electrons. The summed E-state index contributed by atoms with van der Waals surface area (Å²) in [6.45, 7) is 1.87. The summed E-state index contributed by atoms with van der Waals surface area (Å²) in [4.78, 5) is 23.6. The van der Waals surface area contributed by atoms with Crippen molar-refractivity contribution in [2.24, 2.45) is 5.41 Å². The van der Waals surface area contributed by atoms with E-state index >= 15 is 0 Å². The maximum absolute atomic E-state index is 12.2. The average Bonchev–Trinajstić information content (AvgIpc) is 2.88. The number of benzene rings is 1. The molecule has 0 saturated heterocycles. The zero-order valence-corrected chi connectivity index (χ0v) is 12.8. The summed E-state index contributed by atoms with van der Waals surface area (Å²) in [6, 6.07) is 7.10. The number of amides is 1. The molecule has 0 radical (unpaired) electrons. The Morgan fingerprint density at radius 2 is 2.05 bits per heavy atom. The van der Waals surface area contributed by atoms with Gasteiger partial charge in [-0.05, 0) is 37.5 Å². The zero-order valence-electron chi connectivity index (χ0n) is 12.1. The Hall–Kier alpha value is -1.55. The molecule has 1 aliphatic carbocycles. The van der Waals surface area contributed by atoms with E-state index in [1.807, 2.05) is 19.1 Å². The Labute approximate surface area is 129 Å². The predicted molar refractivity (Wildman–Crippen MR) is 81.2 cm³/mol. The molecule has 0 unspecified atom stereocenters. The second-order valence-corrected chi connectivity index (χ2v) is 6.25. The Kier molecular flexibility index (Phi) is 4.88. The maximum atomic E-state index is 12.2. The number of halogens is 1. The van der Waals surface area contributed by atoms with E-state index in [9.17, 15) is 14.7 Å². The molecule has 0 bridgehead atoms. The van der Waals surface area contributed by atoms with Gasteiger partial charge in [0.15, 0.2) is 0 Å². The van der Waals surface area contributed by atoms with Gasteiger partial charge in [-0.2, -0.15) is 0 Å². The van der Waals surface area contributed by atoms with E-state index in [2.05, 4.69) is 5.32 Å². The molecule has 1 saturated carbocycles.